The van der Waals surface area contributed by atoms with Crippen LogP contribution in [0.1, 0.15) is 46.0 Å². The normalized spacial score (nSPS) is 18.4. The summed E-state index contributed by atoms with van der Waals surface area (Å²) in [6.45, 7) is 5.14. The minimum Gasteiger partial charge on any atom is -0.343 e. The highest BCUT2D eigenvalue weighted by atomic mass is 19.4. The lowest BCUT2D eigenvalue weighted by atomic mass is 9.84. The van der Waals surface area contributed by atoms with Crippen molar-refractivity contribution >= 4 is 5.91 Å². The van der Waals surface area contributed by atoms with Gasteiger partial charge in [0.1, 0.15) is 0 Å². The zero-order valence-electron chi connectivity index (χ0n) is 12.3. The molecule has 1 fully saturated rings. The molecule has 0 atom stereocenters. The first kappa shape index (κ1) is 17.3. The van der Waals surface area contributed by atoms with E-state index in [0.29, 0.717) is 13.0 Å². The zero-order valence-corrected chi connectivity index (χ0v) is 12.3. The standard InChI is InChI=1S/C14H25F3N2O/c1-13(2,7-8-18)6-3-12(20)19-9-4-11(5-10-19)14(15,16)17/h11H,3-10,18H2,1-2H3. The molecule has 0 unspecified atom stereocenters. The number of hydrogen-bond donors (Lipinski definition) is 1. The Morgan fingerprint density at radius 3 is 2.20 bits per heavy atom. The summed E-state index contributed by atoms with van der Waals surface area (Å²) in [6, 6.07) is 0. The molecule has 2 N–H and O–H groups in total. The summed E-state index contributed by atoms with van der Waals surface area (Å²) in [6.07, 6.45) is -2.11. The number of hydrogen-bond acceptors (Lipinski definition) is 2. The van der Waals surface area contributed by atoms with Crippen LogP contribution in [0.15, 0.2) is 0 Å². The summed E-state index contributed by atoms with van der Waals surface area (Å²) < 4.78 is 37.6. The van der Waals surface area contributed by atoms with Crippen molar-refractivity contribution in [1.29, 1.82) is 0 Å². The molecule has 1 aliphatic heterocycles. The van der Waals surface area contributed by atoms with E-state index in [9.17, 15) is 18.0 Å². The number of nitrogens with zero attached hydrogens (tertiary/aromatic N) is 1. The predicted molar refractivity (Wildman–Crippen MR) is 72.0 cm³/mol. The zero-order chi connectivity index (χ0) is 15.4. The largest absolute Gasteiger partial charge is 0.391 e. The molecule has 0 spiro atoms. The molecule has 0 bridgehead atoms. The van der Waals surface area contributed by atoms with Crippen LogP contribution in [0.4, 0.5) is 13.2 Å². The molecule has 118 valence electrons. The van der Waals surface area contributed by atoms with E-state index in [1.54, 1.807) is 4.90 Å². The second-order valence-electron chi connectivity index (χ2n) is 6.40. The van der Waals surface area contributed by atoms with Crippen molar-refractivity contribution in [2.45, 2.75) is 52.1 Å². The van der Waals surface area contributed by atoms with E-state index < -0.39 is 12.1 Å². The van der Waals surface area contributed by atoms with E-state index in [1.807, 2.05) is 0 Å². The van der Waals surface area contributed by atoms with Gasteiger partial charge in [-0.1, -0.05) is 13.8 Å². The number of rotatable bonds is 5. The lowest BCUT2D eigenvalue weighted by Crippen LogP contribution is -2.42. The Bertz CT molecular complexity index is 321. The van der Waals surface area contributed by atoms with Crippen molar-refractivity contribution in [3.63, 3.8) is 0 Å². The van der Waals surface area contributed by atoms with Crippen LogP contribution < -0.4 is 5.73 Å². The quantitative estimate of drug-likeness (QED) is 0.847. The first-order chi connectivity index (χ1) is 9.15. The third-order valence-electron chi connectivity index (χ3n) is 4.15. The van der Waals surface area contributed by atoms with Crippen molar-refractivity contribution in [1.82, 2.24) is 4.90 Å². The fraction of sp³-hybridized carbons (Fsp3) is 0.929. The van der Waals surface area contributed by atoms with Crippen molar-refractivity contribution in [3.05, 3.63) is 0 Å². The van der Waals surface area contributed by atoms with Crippen LogP contribution in [0.2, 0.25) is 0 Å². The molecule has 1 heterocycles. The molecule has 0 saturated carbocycles. The number of likely N-dealkylation sites (tertiary alicyclic amines) is 1. The predicted octanol–water partition coefficient (Wildman–Crippen LogP) is 2.94. The van der Waals surface area contributed by atoms with Gasteiger partial charge in [-0.2, -0.15) is 13.2 Å². The lowest BCUT2D eigenvalue weighted by Gasteiger charge is -2.33. The first-order valence-electron chi connectivity index (χ1n) is 7.20. The molecular weight excluding hydrogens is 269 g/mol. The number of halogens is 3. The third kappa shape index (κ3) is 5.31. The molecular formula is C14H25F3N2O. The summed E-state index contributed by atoms with van der Waals surface area (Å²) in [7, 11) is 0. The molecule has 0 aromatic rings. The molecule has 3 nitrogen and oxygen atoms in total. The van der Waals surface area contributed by atoms with Crippen LogP contribution in [0.25, 0.3) is 0 Å². The Balaban J connectivity index is 2.36. The van der Waals surface area contributed by atoms with Crippen LogP contribution in [-0.2, 0) is 4.79 Å². The highest BCUT2D eigenvalue weighted by Gasteiger charge is 2.41. The Morgan fingerprint density at radius 1 is 1.20 bits per heavy atom. The number of alkyl halides is 3. The summed E-state index contributed by atoms with van der Waals surface area (Å²) in [4.78, 5) is 13.6. The van der Waals surface area contributed by atoms with Gasteiger partial charge in [-0.3, -0.25) is 4.79 Å². The SMILES string of the molecule is CC(C)(CCN)CCC(=O)N1CCC(C(F)(F)F)CC1. The number of carbonyl (C=O) groups excluding carboxylic acids is 1. The van der Waals surface area contributed by atoms with Crippen molar-refractivity contribution in [3.8, 4) is 0 Å². The van der Waals surface area contributed by atoms with E-state index >= 15 is 0 Å². The maximum atomic E-state index is 12.5. The highest BCUT2D eigenvalue weighted by Crippen LogP contribution is 2.34. The van der Waals surface area contributed by atoms with Crippen molar-refractivity contribution < 1.29 is 18.0 Å². The van der Waals surface area contributed by atoms with Gasteiger partial charge in [0.25, 0.3) is 0 Å². The molecule has 1 saturated heterocycles. The van der Waals surface area contributed by atoms with Crippen LogP contribution in [0.3, 0.4) is 0 Å². The van der Waals surface area contributed by atoms with Gasteiger partial charge in [0.15, 0.2) is 0 Å². The van der Waals surface area contributed by atoms with E-state index in [4.69, 9.17) is 5.73 Å². The third-order valence-corrected chi connectivity index (χ3v) is 4.15. The van der Waals surface area contributed by atoms with E-state index in [0.717, 1.165) is 12.8 Å². The Hall–Kier alpha value is -0.780. The molecule has 20 heavy (non-hydrogen) atoms. The van der Waals surface area contributed by atoms with E-state index in [-0.39, 0.29) is 37.3 Å². The monoisotopic (exact) mass is 294 g/mol. The maximum Gasteiger partial charge on any atom is 0.391 e. The second-order valence-corrected chi connectivity index (χ2v) is 6.40. The van der Waals surface area contributed by atoms with Crippen LogP contribution in [-0.4, -0.2) is 36.6 Å². The number of nitrogens with two attached hydrogens (primary N) is 1. The van der Waals surface area contributed by atoms with Gasteiger partial charge in [0.2, 0.25) is 5.91 Å². The van der Waals surface area contributed by atoms with Crippen LogP contribution >= 0.6 is 0 Å². The molecule has 1 aliphatic rings. The smallest absolute Gasteiger partial charge is 0.343 e. The van der Waals surface area contributed by atoms with Gasteiger partial charge in [-0.05, 0) is 37.6 Å². The number of amides is 1. The maximum absolute atomic E-state index is 12.5. The molecule has 6 heteroatoms. The van der Waals surface area contributed by atoms with Crippen molar-refractivity contribution in [2.24, 2.45) is 17.1 Å². The van der Waals surface area contributed by atoms with Gasteiger partial charge in [-0.25, -0.2) is 0 Å². The van der Waals surface area contributed by atoms with Gasteiger partial charge >= 0.3 is 6.18 Å². The van der Waals surface area contributed by atoms with Crippen molar-refractivity contribution in [2.75, 3.05) is 19.6 Å². The topological polar surface area (TPSA) is 46.3 Å². The molecule has 0 aromatic carbocycles. The summed E-state index contributed by atoms with van der Waals surface area (Å²) >= 11 is 0. The van der Waals surface area contributed by atoms with Gasteiger partial charge < -0.3 is 10.6 Å². The Labute approximate surface area is 118 Å². The molecule has 0 radical (unpaired) electrons. The fourth-order valence-electron chi connectivity index (χ4n) is 2.58. The minimum absolute atomic E-state index is 0.00863. The Morgan fingerprint density at radius 2 is 1.75 bits per heavy atom. The van der Waals surface area contributed by atoms with Gasteiger partial charge in [0.05, 0.1) is 5.92 Å². The summed E-state index contributed by atoms with van der Waals surface area (Å²) in [5.74, 6) is -1.28. The fourth-order valence-corrected chi connectivity index (χ4v) is 2.58. The average Bonchev–Trinajstić information content (AvgIpc) is 2.35. The molecule has 1 amide bonds. The van der Waals surface area contributed by atoms with Crippen LogP contribution in [0.5, 0.6) is 0 Å². The van der Waals surface area contributed by atoms with Gasteiger partial charge in [0, 0.05) is 19.5 Å². The van der Waals surface area contributed by atoms with E-state index in [2.05, 4.69) is 13.8 Å². The minimum atomic E-state index is -4.13. The van der Waals surface area contributed by atoms with Crippen LogP contribution in [0, 0.1) is 11.3 Å². The summed E-state index contributed by atoms with van der Waals surface area (Å²) in [5.41, 5.74) is 5.53. The lowest BCUT2D eigenvalue weighted by molar-refractivity contribution is -0.186. The average molecular weight is 294 g/mol. The first-order valence-corrected chi connectivity index (χ1v) is 7.20. The molecule has 0 aromatic heterocycles. The molecule has 0 aliphatic carbocycles. The second kappa shape index (κ2) is 6.78. The van der Waals surface area contributed by atoms with Gasteiger partial charge in [-0.15, -0.1) is 0 Å². The van der Waals surface area contributed by atoms with E-state index in [1.165, 1.54) is 0 Å². The highest BCUT2D eigenvalue weighted by molar-refractivity contribution is 5.76. The summed E-state index contributed by atoms with van der Waals surface area (Å²) in [5, 5.41) is 0. The molecule has 1 rings (SSSR count). The number of piperidine rings is 1. The number of carbonyl (C=O) groups is 1. The Kier molecular flexibility index (Phi) is 5.86.